The number of aliphatic hydroxyl groups is 2. The molecule has 3 heterocycles. The van der Waals surface area contributed by atoms with Gasteiger partial charge in [-0.1, -0.05) is 35.9 Å². The maximum absolute atomic E-state index is 13.0. The summed E-state index contributed by atoms with van der Waals surface area (Å²) in [6, 6.07) is 14.5. The molecule has 4 aromatic rings. The number of aromatic amines is 1. The maximum atomic E-state index is 13.0. The summed E-state index contributed by atoms with van der Waals surface area (Å²) in [7, 11) is 1.64. The SMILES string of the molecule is CC(O)C1(C)Nc2c(cnc3[nH]cc(C(O)c4ccc(Oc5ccccc5)cc4Cl)c23)N(C)C1=O. The van der Waals surface area contributed by atoms with Crippen LogP contribution in [0.25, 0.3) is 11.0 Å². The maximum Gasteiger partial charge on any atom is 0.254 e. The van der Waals surface area contributed by atoms with Crippen molar-refractivity contribution in [1.82, 2.24) is 9.97 Å². The van der Waals surface area contributed by atoms with Crippen molar-refractivity contribution >= 4 is 39.9 Å². The molecule has 180 valence electrons. The number of aliphatic hydroxyl groups excluding tert-OH is 2. The van der Waals surface area contributed by atoms with Gasteiger partial charge in [0.2, 0.25) is 0 Å². The number of rotatable bonds is 5. The number of hydrogen-bond donors (Lipinski definition) is 4. The van der Waals surface area contributed by atoms with Crippen molar-refractivity contribution in [2.24, 2.45) is 0 Å². The van der Waals surface area contributed by atoms with E-state index in [0.29, 0.717) is 50.1 Å². The third-order valence-corrected chi connectivity index (χ3v) is 6.91. The highest BCUT2D eigenvalue weighted by molar-refractivity contribution is 6.31. The Kier molecular flexibility index (Phi) is 5.67. The number of H-pyrrole nitrogens is 1. The number of aromatic nitrogens is 2. The summed E-state index contributed by atoms with van der Waals surface area (Å²) in [6.07, 6.45) is 1.20. The zero-order valence-electron chi connectivity index (χ0n) is 19.4. The quantitative estimate of drug-likeness (QED) is 0.323. The smallest absolute Gasteiger partial charge is 0.254 e. The fraction of sp³-hybridized carbons (Fsp3) is 0.231. The molecule has 1 amide bonds. The minimum absolute atomic E-state index is 0.282. The molecule has 5 rings (SSSR count). The van der Waals surface area contributed by atoms with E-state index in [4.69, 9.17) is 16.3 Å². The van der Waals surface area contributed by atoms with E-state index in [-0.39, 0.29) is 5.91 Å². The normalized spacial score (nSPS) is 19.3. The average Bonchev–Trinajstić information content (AvgIpc) is 3.28. The number of nitrogens with zero attached hydrogens (tertiary/aromatic N) is 2. The second-order valence-electron chi connectivity index (χ2n) is 8.85. The Bertz CT molecular complexity index is 1420. The van der Waals surface area contributed by atoms with E-state index in [1.54, 1.807) is 51.5 Å². The molecule has 2 aromatic heterocycles. The number of ether oxygens (including phenoxy) is 1. The van der Waals surface area contributed by atoms with Crippen LogP contribution in [0.4, 0.5) is 11.4 Å². The highest BCUT2D eigenvalue weighted by Crippen LogP contribution is 2.44. The van der Waals surface area contributed by atoms with Gasteiger partial charge in [-0.25, -0.2) is 4.98 Å². The zero-order chi connectivity index (χ0) is 24.9. The number of nitrogens with one attached hydrogen (secondary N) is 2. The van der Waals surface area contributed by atoms with Crippen molar-refractivity contribution in [1.29, 1.82) is 0 Å². The Morgan fingerprint density at radius 1 is 1.11 bits per heavy atom. The Morgan fingerprint density at radius 3 is 2.54 bits per heavy atom. The van der Waals surface area contributed by atoms with Crippen molar-refractivity contribution in [3.05, 3.63) is 77.1 Å². The monoisotopic (exact) mass is 492 g/mol. The molecule has 35 heavy (non-hydrogen) atoms. The van der Waals surface area contributed by atoms with Crippen LogP contribution >= 0.6 is 11.6 Å². The Hall–Kier alpha value is -3.59. The Morgan fingerprint density at radius 2 is 1.86 bits per heavy atom. The van der Waals surface area contributed by atoms with Gasteiger partial charge >= 0.3 is 0 Å². The van der Waals surface area contributed by atoms with E-state index in [2.05, 4.69) is 15.3 Å². The predicted molar refractivity (Wildman–Crippen MR) is 135 cm³/mol. The van der Waals surface area contributed by atoms with Crippen LogP contribution in [-0.2, 0) is 4.79 Å². The molecular weight excluding hydrogens is 468 g/mol. The number of hydrogen-bond acceptors (Lipinski definition) is 6. The molecule has 3 unspecified atom stereocenters. The standard InChI is InChI=1S/C26H25ClN4O4/c1-14(32)26(2)25(34)31(3)20-13-29-24-21(22(20)30-26)18(12-28-24)23(33)17-10-9-16(11-19(17)27)35-15-7-5-4-6-8-15/h4-14,23,30,32-33H,1-3H3,(H,28,29). The van der Waals surface area contributed by atoms with Crippen molar-refractivity contribution in [2.45, 2.75) is 31.6 Å². The van der Waals surface area contributed by atoms with Gasteiger partial charge in [-0.2, -0.15) is 0 Å². The summed E-state index contributed by atoms with van der Waals surface area (Å²) < 4.78 is 5.84. The van der Waals surface area contributed by atoms with Crippen LogP contribution in [0.2, 0.25) is 5.02 Å². The third kappa shape index (κ3) is 3.80. The number of halogens is 1. The first-order chi connectivity index (χ1) is 16.7. The molecule has 0 fully saturated rings. The van der Waals surface area contributed by atoms with Crippen LogP contribution in [0, 0.1) is 0 Å². The lowest BCUT2D eigenvalue weighted by Crippen LogP contribution is -2.60. The first-order valence-corrected chi connectivity index (χ1v) is 11.5. The van der Waals surface area contributed by atoms with Crippen molar-refractivity contribution < 1.29 is 19.7 Å². The number of fused-ring (bicyclic) bond motifs is 3. The van der Waals surface area contributed by atoms with E-state index < -0.39 is 17.7 Å². The van der Waals surface area contributed by atoms with Crippen LogP contribution in [0.5, 0.6) is 11.5 Å². The summed E-state index contributed by atoms with van der Waals surface area (Å²) in [4.78, 5) is 22.0. The molecule has 0 saturated heterocycles. The van der Waals surface area contributed by atoms with Crippen molar-refractivity contribution in [2.75, 3.05) is 17.3 Å². The lowest BCUT2D eigenvalue weighted by atomic mass is 9.89. The minimum atomic E-state index is -1.25. The molecule has 1 aliphatic heterocycles. The highest BCUT2D eigenvalue weighted by atomic mass is 35.5. The van der Waals surface area contributed by atoms with Gasteiger partial charge < -0.3 is 30.2 Å². The van der Waals surface area contributed by atoms with Crippen molar-refractivity contribution in [3.63, 3.8) is 0 Å². The largest absolute Gasteiger partial charge is 0.457 e. The molecule has 0 spiro atoms. The molecule has 0 bridgehead atoms. The molecule has 3 atom stereocenters. The van der Waals surface area contributed by atoms with E-state index >= 15 is 0 Å². The van der Waals surface area contributed by atoms with Gasteiger partial charge in [0.25, 0.3) is 5.91 Å². The summed E-state index contributed by atoms with van der Waals surface area (Å²) >= 11 is 6.56. The van der Waals surface area contributed by atoms with Crippen LogP contribution in [-0.4, -0.2) is 44.8 Å². The number of anilines is 2. The van der Waals surface area contributed by atoms with Crippen LogP contribution in [0.3, 0.4) is 0 Å². The van der Waals surface area contributed by atoms with Gasteiger partial charge in [-0.3, -0.25) is 4.79 Å². The second kappa shape index (κ2) is 8.57. The van der Waals surface area contributed by atoms with E-state index in [0.717, 1.165) is 0 Å². The van der Waals surface area contributed by atoms with Crippen LogP contribution in [0.1, 0.15) is 31.1 Å². The fourth-order valence-electron chi connectivity index (χ4n) is 4.35. The van der Waals surface area contributed by atoms with E-state index in [1.807, 2.05) is 30.3 Å². The zero-order valence-corrected chi connectivity index (χ0v) is 20.2. The summed E-state index contributed by atoms with van der Waals surface area (Å²) in [5.74, 6) is 0.942. The molecule has 0 aliphatic carbocycles. The van der Waals surface area contributed by atoms with E-state index in [9.17, 15) is 15.0 Å². The molecule has 8 nitrogen and oxygen atoms in total. The van der Waals surface area contributed by atoms with Gasteiger partial charge in [-0.15, -0.1) is 0 Å². The lowest BCUT2D eigenvalue weighted by Gasteiger charge is -2.42. The van der Waals surface area contributed by atoms with Gasteiger partial charge in [0.1, 0.15) is 28.8 Å². The minimum Gasteiger partial charge on any atom is -0.457 e. The highest BCUT2D eigenvalue weighted by Gasteiger charge is 2.45. The Balaban J connectivity index is 1.56. The Labute approximate surface area is 207 Å². The second-order valence-corrected chi connectivity index (χ2v) is 9.26. The number of benzene rings is 2. The van der Waals surface area contributed by atoms with Gasteiger partial charge in [0, 0.05) is 24.4 Å². The van der Waals surface area contributed by atoms with Crippen molar-refractivity contribution in [3.8, 4) is 11.5 Å². The number of carbonyl (C=O) groups excluding carboxylic acids is 1. The predicted octanol–water partition coefficient (Wildman–Crippen LogP) is 4.62. The molecule has 0 saturated carbocycles. The van der Waals surface area contributed by atoms with Gasteiger partial charge in [0.15, 0.2) is 0 Å². The summed E-state index contributed by atoms with van der Waals surface area (Å²) in [5.41, 5.74) is 1.45. The lowest BCUT2D eigenvalue weighted by molar-refractivity contribution is -0.125. The molecule has 0 radical (unpaired) electrons. The number of amides is 1. The van der Waals surface area contributed by atoms with Crippen LogP contribution < -0.4 is 15.0 Å². The first-order valence-electron chi connectivity index (χ1n) is 11.2. The number of carbonyl (C=O) groups is 1. The summed E-state index contributed by atoms with van der Waals surface area (Å²) in [6.45, 7) is 3.21. The van der Waals surface area contributed by atoms with Gasteiger partial charge in [-0.05, 0) is 38.1 Å². The molecule has 4 N–H and O–H groups in total. The molecule has 9 heteroatoms. The fourth-order valence-corrected chi connectivity index (χ4v) is 4.62. The third-order valence-electron chi connectivity index (χ3n) is 6.58. The molecular formula is C26H25ClN4O4. The van der Waals surface area contributed by atoms with Gasteiger partial charge in [0.05, 0.1) is 34.1 Å². The topological polar surface area (TPSA) is 111 Å². The van der Waals surface area contributed by atoms with Crippen LogP contribution in [0.15, 0.2) is 60.9 Å². The number of pyridine rings is 1. The molecule has 2 aromatic carbocycles. The number of para-hydroxylation sites is 1. The average molecular weight is 493 g/mol. The summed E-state index contributed by atoms with van der Waals surface area (Å²) in [5, 5.41) is 25.9. The molecule has 1 aliphatic rings. The first kappa shape index (κ1) is 23.2. The van der Waals surface area contributed by atoms with E-state index in [1.165, 1.54) is 4.90 Å². The number of likely N-dealkylation sites (N-methyl/N-ethyl adjacent to an activating group) is 1.